The number of rotatable bonds is 4. The SMILES string of the molecule is Cc1c[nH]c2ccc(-c3nc4ccc(C(=O)O)cc4cc3N(C)C(C)C)cc12. The molecule has 0 fully saturated rings. The molecule has 0 amide bonds. The summed E-state index contributed by atoms with van der Waals surface area (Å²) in [7, 11) is 2.04. The summed E-state index contributed by atoms with van der Waals surface area (Å²) in [5.41, 5.74) is 6.28. The zero-order chi connectivity index (χ0) is 20.0. The van der Waals surface area contributed by atoms with Crippen molar-refractivity contribution in [3.8, 4) is 11.3 Å². The van der Waals surface area contributed by atoms with E-state index in [1.54, 1.807) is 18.2 Å². The summed E-state index contributed by atoms with van der Waals surface area (Å²) in [5, 5.41) is 11.3. The van der Waals surface area contributed by atoms with Gasteiger partial charge in [0.1, 0.15) is 0 Å². The molecule has 4 rings (SSSR count). The highest BCUT2D eigenvalue weighted by atomic mass is 16.4. The molecule has 0 aliphatic rings. The summed E-state index contributed by atoms with van der Waals surface area (Å²) < 4.78 is 0. The van der Waals surface area contributed by atoms with Crippen LogP contribution < -0.4 is 4.90 Å². The fourth-order valence-electron chi connectivity index (χ4n) is 3.47. The number of hydrogen-bond acceptors (Lipinski definition) is 3. The third-order valence-electron chi connectivity index (χ3n) is 5.36. The van der Waals surface area contributed by atoms with Crippen molar-refractivity contribution in [1.29, 1.82) is 0 Å². The van der Waals surface area contributed by atoms with Gasteiger partial charge in [-0.2, -0.15) is 0 Å². The Balaban J connectivity index is 1.98. The standard InChI is InChI=1S/C23H23N3O2/c1-13(2)26(4)21-11-17-9-16(23(27)28)6-7-19(17)25-22(21)15-5-8-20-18(10-15)14(3)12-24-20/h5-13,24H,1-4H3,(H,27,28). The summed E-state index contributed by atoms with van der Waals surface area (Å²) in [6.45, 7) is 6.34. The smallest absolute Gasteiger partial charge is 0.335 e. The van der Waals surface area contributed by atoms with Crippen LogP contribution in [0, 0.1) is 6.92 Å². The fraction of sp³-hybridized carbons (Fsp3) is 0.217. The Hall–Kier alpha value is -3.34. The Morgan fingerprint density at radius 1 is 1.14 bits per heavy atom. The Bertz CT molecular complexity index is 1210. The third-order valence-corrected chi connectivity index (χ3v) is 5.36. The molecule has 0 saturated heterocycles. The van der Waals surface area contributed by atoms with Crippen LogP contribution in [-0.2, 0) is 0 Å². The Kier molecular flexibility index (Phi) is 4.30. The lowest BCUT2D eigenvalue weighted by Gasteiger charge is -2.26. The highest BCUT2D eigenvalue weighted by molar-refractivity contribution is 5.97. The second-order valence-electron chi connectivity index (χ2n) is 7.51. The summed E-state index contributed by atoms with van der Waals surface area (Å²) in [5.74, 6) is -0.932. The number of carboxylic acids is 1. The molecule has 0 spiro atoms. The van der Waals surface area contributed by atoms with Crippen molar-refractivity contribution in [2.75, 3.05) is 11.9 Å². The number of nitrogens with one attached hydrogen (secondary N) is 1. The van der Waals surface area contributed by atoms with E-state index in [0.717, 1.165) is 33.4 Å². The lowest BCUT2D eigenvalue weighted by molar-refractivity contribution is 0.0697. The van der Waals surface area contributed by atoms with Crippen LogP contribution in [0.5, 0.6) is 0 Å². The number of aromatic carboxylic acids is 1. The number of aromatic amines is 1. The molecule has 2 aromatic carbocycles. The summed E-state index contributed by atoms with van der Waals surface area (Å²) in [6, 6.07) is 13.7. The van der Waals surface area contributed by atoms with Crippen molar-refractivity contribution < 1.29 is 9.90 Å². The molecule has 4 aromatic rings. The van der Waals surface area contributed by atoms with Crippen molar-refractivity contribution in [3.05, 3.63) is 59.8 Å². The molecule has 5 nitrogen and oxygen atoms in total. The zero-order valence-corrected chi connectivity index (χ0v) is 16.4. The quantitative estimate of drug-likeness (QED) is 0.514. The monoisotopic (exact) mass is 373 g/mol. The van der Waals surface area contributed by atoms with E-state index in [9.17, 15) is 9.90 Å². The highest BCUT2D eigenvalue weighted by Gasteiger charge is 2.17. The third kappa shape index (κ3) is 2.99. The fourth-order valence-corrected chi connectivity index (χ4v) is 3.47. The molecule has 0 atom stereocenters. The molecule has 0 bridgehead atoms. The van der Waals surface area contributed by atoms with Gasteiger partial charge in [0.05, 0.1) is 22.5 Å². The summed E-state index contributed by atoms with van der Waals surface area (Å²) >= 11 is 0. The van der Waals surface area contributed by atoms with E-state index in [2.05, 4.69) is 48.9 Å². The average Bonchev–Trinajstić information content (AvgIpc) is 3.06. The molecule has 0 saturated carbocycles. The average molecular weight is 373 g/mol. The Labute approximate surface area is 163 Å². The maximum atomic E-state index is 11.4. The topological polar surface area (TPSA) is 69.2 Å². The minimum Gasteiger partial charge on any atom is -0.478 e. The first-order chi connectivity index (χ1) is 13.3. The minimum atomic E-state index is -0.932. The van der Waals surface area contributed by atoms with Crippen LogP contribution in [-0.4, -0.2) is 34.1 Å². The van der Waals surface area contributed by atoms with E-state index >= 15 is 0 Å². The van der Waals surface area contributed by atoms with E-state index in [1.807, 2.05) is 19.3 Å². The molecule has 2 N–H and O–H groups in total. The maximum absolute atomic E-state index is 11.4. The van der Waals surface area contributed by atoms with Gasteiger partial charge in [0.2, 0.25) is 0 Å². The number of aryl methyl sites for hydroxylation is 1. The second-order valence-corrected chi connectivity index (χ2v) is 7.51. The number of nitrogens with zero attached hydrogens (tertiary/aromatic N) is 2. The van der Waals surface area contributed by atoms with Gasteiger partial charge in [-0.3, -0.25) is 0 Å². The van der Waals surface area contributed by atoms with Gasteiger partial charge in [0.25, 0.3) is 0 Å². The molecule has 0 aliphatic heterocycles. The first kappa shape index (κ1) is 18.0. The molecule has 5 heteroatoms. The van der Waals surface area contributed by atoms with Gasteiger partial charge in [0.15, 0.2) is 0 Å². The zero-order valence-electron chi connectivity index (χ0n) is 16.4. The molecule has 0 unspecified atom stereocenters. The number of pyridine rings is 1. The van der Waals surface area contributed by atoms with E-state index < -0.39 is 5.97 Å². The highest BCUT2D eigenvalue weighted by Crippen LogP contribution is 2.35. The molecule has 142 valence electrons. The Morgan fingerprint density at radius 2 is 1.93 bits per heavy atom. The van der Waals surface area contributed by atoms with Gasteiger partial charge in [0, 0.05) is 41.1 Å². The molecule has 2 heterocycles. The van der Waals surface area contributed by atoms with E-state index in [1.165, 1.54) is 10.9 Å². The van der Waals surface area contributed by atoms with Gasteiger partial charge in [-0.05, 0) is 62.7 Å². The molecule has 0 radical (unpaired) electrons. The van der Waals surface area contributed by atoms with Gasteiger partial charge in [-0.15, -0.1) is 0 Å². The van der Waals surface area contributed by atoms with Crippen LogP contribution in [0.1, 0.15) is 29.8 Å². The normalized spacial score (nSPS) is 11.5. The van der Waals surface area contributed by atoms with Crippen molar-refractivity contribution >= 4 is 33.5 Å². The van der Waals surface area contributed by atoms with E-state index in [-0.39, 0.29) is 11.6 Å². The summed E-state index contributed by atoms with van der Waals surface area (Å²) in [6.07, 6.45) is 2.01. The van der Waals surface area contributed by atoms with Crippen LogP contribution >= 0.6 is 0 Å². The number of H-pyrrole nitrogens is 1. The van der Waals surface area contributed by atoms with Crippen LogP contribution in [0.3, 0.4) is 0 Å². The largest absolute Gasteiger partial charge is 0.478 e. The number of anilines is 1. The van der Waals surface area contributed by atoms with Crippen LogP contribution in [0.25, 0.3) is 33.1 Å². The maximum Gasteiger partial charge on any atom is 0.335 e. The number of fused-ring (bicyclic) bond motifs is 2. The van der Waals surface area contributed by atoms with E-state index in [4.69, 9.17) is 4.98 Å². The van der Waals surface area contributed by atoms with Crippen LogP contribution in [0.15, 0.2) is 48.7 Å². The van der Waals surface area contributed by atoms with Gasteiger partial charge >= 0.3 is 5.97 Å². The number of carbonyl (C=O) groups is 1. The van der Waals surface area contributed by atoms with Crippen molar-refractivity contribution in [1.82, 2.24) is 9.97 Å². The number of carboxylic acid groups (broad SMARTS) is 1. The Morgan fingerprint density at radius 3 is 2.64 bits per heavy atom. The van der Waals surface area contributed by atoms with Crippen LogP contribution in [0.4, 0.5) is 5.69 Å². The summed E-state index contributed by atoms with van der Waals surface area (Å²) in [4.78, 5) is 21.7. The lowest BCUT2D eigenvalue weighted by atomic mass is 10.0. The van der Waals surface area contributed by atoms with Crippen molar-refractivity contribution in [2.45, 2.75) is 26.8 Å². The minimum absolute atomic E-state index is 0.268. The molecule has 0 aliphatic carbocycles. The second kappa shape index (κ2) is 6.68. The molecule has 2 aromatic heterocycles. The van der Waals surface area contributed by atoms with Crippen molar-refractivity contribution in [2.24, 2.45) is 0 Å². The number of benzene rings is 2. The van der Waals surface area contributed by atoms with Gasteiger partial charge < -0.3 is 15.0 Å². The predicted octanol–water partition coefficient (Wildman–Crippen LogP) is 5.23. The number of aromatic nitrogens is 2. The van der Waals surface area contributed by atoms with Gasteiger partial charge in [-0.1, -0.05) is 6.07 Å². The number of hydrogen-bond donors (Lipinski definition) is 2. The van der Waals surface area contributed by atoms with Crippen molar-refractivity contribution in [3.63, 3.8) is 0 Å². The predicted molar refractivity (Wildman–Crippen MR) is 114 cm³/mol. The van der Waals surface area contributed by atoms with E-state index in [0.29, 0.717) is 0 Å². The van der Waals surface area contributed by atoms with Crippen LogP contribution in [0.2, 0.25) is 0 Å². The first-order valence-corrected chi connectivity index (χ1v) is 9.34. The van der Waals surface area contributed by atoms with Gasteiger partial charge in [-0.25, -0.2) is 9.78 Å². The molecule has 28 heavy (non-hydrogen) atoms. The molecular formula is C23H23N3O2. The first-order valence-electron chi connectivity index (χ1n) is 9.34. The lowest BCUT2D eigenvalue weighted by Crippen LogP contribution is -2.26. The molecular weight excluding hydrogens is 350 g/mol.